The summed E-state index contributed by atoms with van der Waals surface area (Å²) in [6.45, 7) is 6.19. The maximum atomic E-state index is 13.6. The van der Waals surface area contributed by atoms with Gasteiger partial charge in [-0.25, -0.2) is 4.98 Å². The van der Waals surface area contributed by atoms with E-state index in [1.165, 1.54) is 5.56 Å². The monoisotopic (exact) mass is 491 g/mol. The van der Waals surface area contributed by atoms with Gasteiger partial charge in [-0.15, -0.1) is 0 Å². The second-order valence-corrected chi connectivity index (χ2v) is 9.28. The van der Waals surface area contributed by atoms with Crippen molar-refractivity contribution in [1.29, 1.82) is 0 Å². The number of aromatic nitrogens is 2. The Balaban J connectivity index is 1.75. The van der Waals surface area contributed by atoms with Crippen molar-refractivity contribution in [2.24, 2.45) is 5.73 Å². The van der Waals surface area contributed by atoms with Crippen molar-refractivity contribution < 1.29 is 14.7 Å². The first kappa shape index (κ1) is 26.9. The highest BCUT2D eigenvalue weighted by molar-refractivity contribution is 5.91. The fourth-order valence-corrected chi connectivity index (χ4v) is 4.58. The number of phenolic OH excluding ortho intramolecular Hbond substituents is 1. The average Bonchev–Trinajstić information content (AvgIpc) is 3.39. The summed E-state index contributed by atoms with van der Waals surface area (Å²) in [4.78, 5) is 31.0. The van der Waals surface area contributed by atoms with E-state index in [9.17, 15) is 14.7 Å². The highest BCUT2D eigenvalue weighted by atomic mass is 16.3. The van der Waals surface area contributed by atoms with Crippen LogP contribution in [0.2, 0.25) is 0 Å². The van der Waals surface area contributed by atoms with Crippen LogP contribution in [-0.4, -0.2) is 39.1 Å². The number of nitrogens with two attached hydrogens (primary N) is 1. The van der Waals surface area contributed by atoms with E-state index in [-0.39, 0.29) is 18.1 Å². The van der Waals surface area contributed by atoms with Crippen LogP contribution in [0.25, 0.3) is 0 Å². The maximum Gasteiger partial charge on any atom is 0.267 e. The molecule has 5 N–H and O–H groups in total. The maximum absolute atomic E-state index is 13.6. The topological polar surface area (TPSA) is 122 Å². The summed E-state index contributed by atoms with van der Waals surface area (Å²) >= 11 is 0. The minimum Gasteiger partial charge on any atom is -0.508 e. The Hall–Kier alpha value is -3.65. The van der Waals surface area contributed by atoms with Crippen molar-refractivity contribution >= 4 is 11.8 Å². The van der Waals surface area contributed by atoms with Crippen molar-refractivity contribution in [3.05, 3.63) is 83.4 Å². The van der Waals surface area contributed by atoms with Gasteiger partial charge in [-0.2, -0.15) is 0 Å². The van der Waals surface area contributed by atoms with Gasteiger partial charge in [0, 0.05) is 18.9 Å². The Morgan fingerprint density at radius 3 is 2.47 bits per heavy atom. The van der Waals surface area contributed by atoms with Crippen LogP contribution in [0.4, 0.5) is 0 Å². The van der Waals surface area contributed by atoms with E-state index in [0.717, 1.165) is 29.5 Å². The second-order valence-electron chi connectivity index (χ2n) is 9.28. The highest BCUT2D eigenvalue weighted by Gasteiger charge is 2.41. The molecule has 1 heterocycles. The molecule has 0 aliphatic rings. The van der Waals surface area contributed by atoms with Crippen LogP contribution in [0.5, 0.6) is 5.75 Å². The van der Waals surface area contributed by atoms with Gasteiger partial charge in [-0.3, -0.25) is 9.59 Å². The molecule has 0 aliphatic heterocycles. The van der Waals surface area contributed by atoms with E-state index < -0.39 is 17.6 Å². The van der Waals surface area contributed by atoms with Crippen molar-refractivity contribution in [2.45, 2.75) is 64.6 Å². The van der Waals surface area contributed by atoms with Gasteiger partial charge < -0.3 is 26.0 Å². The van der Waals surface area contributed by atoms with E-state index in [1.807, 2.05) is 39.0 Å². The molecule has 0 saturated carbocycles. The van der Waals surface area contributed by atoms with Gasteiger partial charge >= 0.3 is 0 Å². The average molecular weight is 492 g/mol. The lowest BCUT2D eigenvalue weighted by Gasteiger charge is -2.35. The van der Waals surface area contributed by atoms with Crippen LogP contribution in [0, 0.1) is 13.8 Å². The number of nitrogens with zero attached hydrogens (tertiary/aromatic N) is 2. The van der Waals surface area contributed by atoms with Gasteiger partial charge in [0.25, 0.3) is 5.91 Å². The summed E-state index contributed by atoms with van der Waals surface area (Å²) in [5.74, 6) is -0.547. The zero-order chi connectivity index (χ0) is 26.1. The molecule has 1 unspecified atom stereocenters. The Kier molecular flexibility index (Phi) is 9.25. The molecular weight excluding hydrogens is 454 g/mol. The van der Waals surface area contributed by atoms with Crippen molar-refractivity contribution in [3.8, 4) is 5.75 Å². The number of benzene rings is 2. The minimum absolute atomic E-state index is 0.178. The molecule has 2 atom stereocenters. The summed E-state index contributed by atoms with van der Waals surface area (Å²) in [5, 5.41) is 15.8. The molecule has 0 saturated heterocycles. The molecule has 3 rings (SSSR count). The number of hydrogen-bond acceptors (Lipinski definition) is 5. The normalized spacial score (nSPS) is 13.6. The van der Waals surface area contributed by atoms with E-state index in [1.54, 1.807) is 35.4 Å². The lowest BCUT2D eigenvalue weighted by atomic mass is 9.95. The number of carbonyl (C=O) groups is 2. The van der Waals surface area contributed by atoms with Crippen LogP contribution in [-0.2, 0) is 28.1 Å². The SMILES string of the molecule is CCC[C@](NC(=O)C(N)Cc1c(C)cc(O)cc1C)(C(=O)NCCCc1ccccc1)n1ccnc1. The fourth-order valence-electron chi connectivity index (χ4n) is 4.58. The number of aryl methyl sites for hydroxylation is 3. The Labute approximate surface area is 212 Å². The molecule has 3 aromatic rings. The highest BCUT2D eigenvalue weighted by Crippen LogP contribution is 2.24. The molecule has 0 aliphatic carbocycles. The number of rotatable bonds is 12. The lowest BCUT2D eigenvalue weighted by molar-refractivity contribution is -0.139. The first-order chi connectivity index (χ1) is 17.3. The fraction of sp³-hybridized carbons (Fsp3) is 0.393. The van der Waals surface area contributed by atoms with E-state index in [0.29, 0.717) is 19.4 Å². The van der Waals surface area contributed by atoms with Crippen molar-refractivity contribution in [1.82, 2.24) is 20.2 Å². The zero-order valence-electron chi connectivity index (χ0n) is 21.3. The summed E-state index contributed by atoms with van der Waals surface area (Å²) in [5.41, 5.74) is 8.84. The number of amides is 2. The molecular formula is C28H37N5O3. The van der Waals surface area contributed by atoms with Crippen LogP contribution in [0.3, 0.4) is 0 Å². The number of phenols is 1. The molecule has 192 valence electrons. The second kappa shape index (κ2) is 12.4. The van der Waals surface area contributed by atoms with Crippen LogP contribution in [0.15, 0.2) is 61.2 Å². The molecule has 8 heteroatoms. The van der Waals surface area contributed by atoms with E-state index >= 15 is 0 Å². The van der Waals surface area contributed by atoms with Crippen LogP contribution in [0.1, 0.15) is 48.4 Å². The van der Waals surface area contributed by atoms with Crippen LogP contribution >= 0.6 is 0 Å². The number of carbonyl (C=O) groups excluding carboxylic acids is 2. The molecule has 0 bridgehead atoms. The van der Waals surface area contributed by atoms with Gasteiger partial charge in [0.05, 0.1) is 12.4 Å². The van der Waals surface area contributed by atoms with Crippen molar-refractivity contribution in [2.75, 3.05) is 6.54 Å². The Bertz CT molecular complexity index is 1120. The third-order valence-electron chi connectivity index (χ3n) is 6.47. The third-order valence-corrected chi connectivity index (χ3v) is 6.47. The number of imidazole rings is 1. The Morgan fingerprint density at radius 1 is 1.17 bits per heavy atom. The lowest BCUT2D eigenvalue weighted by Crippen LogP contribution is -2.62. The number of nitrogens with one attached hydrogen (secondary N) is 2. The van der Waals surface area contributed by atoms with Gasteiger partial charge in [-0.05, 0) is 73.9 Å². The van der Waals surface area contributed by atoms with Gasteiger partial charge in [-0.1, -0.05) is 43.7 Å². The molecule has 1 aromatic heterocycles. The predicted octanol–water partition coefficient (Wildman–Crippen LogP) is 3.09. The summed E-state index contributed by atoms with van der Waals surface area (Å²) in [6, 6.07) is 12.5. The predicted molar refractivity (Wildman–Crippen MR) is 140 cm³/mol. The van der Waals surface area contributed by atoms with E-state index in [2.05, 4.69) is 27.8 Å². The number of aromatic hydroxyl groups is 1. The molecule has 8 nitrogen and oxygen atoms in total. The molecule has 36 heavy (non-hydrogen) atoms. The van der Waals surface area contributed by atoms with Gasteiger partial charge in [0.2, 0.25) is 5.91 Å². The summed E-state index contributed by atoms with van der Waals surface area (Å²) in [7, 11) is 0. The smallest absolute Gasteiger partial charge is 0.267 e. The first-order valence-electron chi connectivity index (χ1n) is 12.4. The largest absolute Gasteiger partial charge is 0.508 e. The quantitative estimate of drug-likeness (QED) is 0.290. The minimum atomic E-state index is -1.34. The molecule has 0 fully saturated rings. The summed E-state index contributed by atoms with van der Waals surface area (Å²) < 4.78 is 1.64. The van der Waals surface area contributed by atoms with Crippen LogP contribution < -0.4 is 16.4 Å². The zero-order valence-corrected chi connectivity index (χ0v) is 21.3. The molecule has 2 aromatic carbocycles. The third kappa shape index (κ3) is 6.51. The van der Waals surface area contributed by atoms with Gasteiger partial charge in [0.1, 0.15) is 5.75 Å². The van der Waals surface area contributed by atoms with E-state index in [4.69, 9.17) is 5.73 Å². The molecule has 0 radical (unpaired) electrons. The number of hydrogen-bond donors (Lipinski definition) is 4. The van der Waals surface area contributed by atoms with Crippen molar-refractivity contribution in [3.63, 3.8) is 0 Å². The first-order valence-corrected chi connectivity index (χ1v) is 12.4. The molecule has 0 spiro atoms. The Morgan fingerprint density at radius 2 is 1.86 bits per heavy atom. The molecule has 2 amide bonds. The summed E-state index contributed by atoms with van der Waals surface area (Å²) in [6.07, 6.45) is 7.74. The standard InChI is InChI=1S/C28H37N5O3/c1-4-12-28(33-15-14-30-19-33,27(36)31-13-8-11-22-9-6-5-7-10-22)32-26(35)25(29)18-24-20(2)16-23(34)17-21(24)3/h5-7,9-10,14-17,19,25,34H,4,8,11-13,18,29H2,1-3H3,(H,31,36)(H,32,35)/t25?,28-/m1/s1. The van der Waals surface area contributed by atoms with Gasteiger partial charge in [0.15, 0.2) is 5.66 Å².